The van der Waals surface area contributed by atoms with Crippen LogP contribution in [0.3, 0.4) is 0 Å². The third-order valence-corrected chi connectivity index (χ3v) is 5.14. The number of nitrogens with one attached hydrogen (secondary N) is 2. The van der Waals surface area contributed by atoms with Crippen LogP contribution in [-0.4, -0.2) is 25.9 Å². The van der Waals surface area contributed by atoms with Crippen molar-refractivity contribution in [1.29, 1.82) is 0 Å². The molecule has 0 aliphatic heterocycles. The van der Waals surface area contributed by atoms with Crippen LogP contribution in [0.15, 0.2) is 96.4 Å². The highest BCUT2D eigenvalue weighted by molar-refractivity contribution is 6.30. The second-order valence-electron chi connectivity index (χ2n) is 7.13. The molecule has 5 rings (SSSR count). The largest absolute Gasteiger partial charge is 0.369 e. The van der Waals surface area contributed by atoms with Gasteiger partial charge in [-0.3, -0.25) is 0 Å². The molecule has 0 unspecified atom stereocenters. The van der Waals surface area contributed by atoms with Crippen LogP contribution in [-0.2, 0) is 0 Å². The van der Waals surface area contributed by atoms with Gasteiger partial charge in [0, 0.05) is 22.4 Å². The highest BCUT2D eigenvalue weighted by atomic mass is 35.5. The number of anilines is 4. The predicted octanol–water partition coefficient (Wildman–Crippen LogP) is 5.53. The Labute approximate surface area is 194 Å². The summed E-state index contributed by atoms with van der Waals surface area (Å²) in [5, 5.41) is 4.97. The van der Waals surface area contributed by atoms with E-state index >= 15 is 0 Å². The number of H-pyrrole nitrogens is 1. The molecule has 0 amide bonds. The number of halogens is 1. The fourth-order valence-electron chi connectivity index (χ4n) is 3.34. The molecule has 8 nitrogen and oxygen atoms in total. The van der Waals surface area contributed by atoms with Crippen LogP contribution < -0.4 is 16.0 Å². The maximum Gasteiger partial charge on any atom is 0.241 e. The topological polar surface area (TPSA) is 108 Å². The smallest absolute Gasteiger partial charge is 0.241 e. The second-order valence-corrected chi connectivity index (χ2v) is 7.57. The molecule has 0 spiro atoms. The van der Waals surface area contributed by atoms with Gasteiger partial charge in [-0.2, -0.15) is 4.98 Å². The Kier molecular flexibility index (Phi) is 5.57. The van der Waals surface area contributed by atoms with Crippen molar-refractivity contribution in [2.24, 2.45) is 10.7 Å². The zero-order valence-corrected chi connectivity index (χ0v) is 18.1. The van der Waals surface area contributed by atoms with E-state index in [0.717, 1.165) is 22.3 Å². The number of para-hydroxylation sites is 1. The lowest BCUT2D eigenvalue weighted by atomic mass is 10.2. The third kappa shape index (κ3) is 4.60. The molecule has 0 atom stereocenters. The summed E-state index contributed by atoms with van der Waals surface area (Å²) in [5.74, 6) is 0.912. The zero-order chi connectivity index (χ0) is 22.6. The average molecular weight is 455 g/mol. The van der Waals surface area contributed by atoms with Crippen molar-refractivity contribution < 1.29 is 0 Å². The van der Waals surface area contributed by atoms with Gasteiger partial charge in [-0.15, -0.1) is 0 Å². The molecule has 2 aromatic heterocycles. The molecule has 0 fully saturated rings. The minimum absolute atomic E-state index is 0.202. The number of fused-ring (bicyclic) bond motifs is 1. The van der Waals surface area contributed by atoms with Crippen molar-refractivity contribution in [3.8, 4) is 0 Å². The molecule has 0 saturated carbocycles. The van der Waals surface area contributed by atoms with E-state index in [-0.39, 0.29) is 5.96 Å². The summed E-state index contributed by atoms with van der Waals surface area (Å²) in [6, 6.07) is 24.6. The summed E-state index contributed by atoms with van der Waals surface area (Å²) in [7, 11) is 0. The second kappa shape index (κ2) is 8.97. The summed E-state index contributed by atoms with van der Waals surface area (Å²) in [4.78, 5) is 22.6. The van der Waals surface area contributed by atoms with E-state index < -0.39 is 0 Å². The van der Waals surface area contributed by atoms with Gasteiger partial charge in [-0.25, -0.2) is 19.9 Å². The Hall–Kier alpha value is -4.43. The number of nitrogens with two attached hydrogens (primary N) is 1. The summed E-state index contributed by atoms with van der Waals surface area (Å²) < 4.78 is 0. The fraction of sp³-hybridized carbons (Fsp3) is 0. The van der Waals surface area contributed by atoms with E-state index in [1.807, 2.05) is 60.8 Å². The number of aromatic amines is 1. The molecule has 0 aliphatic carbocycles. The first kappa shape index (κ1) is 20.5. The van der Waals surface area contributed by atoms with Crippen LogP contribution in [0.1, 0.15) is 0 Å². The van der Waals surface area contributed by atoms with Crippen LogP contribution in [0.5, 0.6) is 0 Å². The minimum Gasteiger partial charge on any atom is -0.369 e. The fourth-order valence-corrected chi connectivity index (χ4v) is 3.46. The Morgan fingerprint density at radius 1 is 0.970 bits per heavy atom. The first-order valence-electron chi connectivity index (χ1n) is 10.1. The van der Waals surface area contributed by atoms with Gasteiger partial charge in [0.25, 0.3) is 0 Å². The van der Waals surface area contributed by atoms with Crippen LogP contribution >= 0.6 is 11.6 Å². The van der Waals surface area contributed by atoms with Crippen molar-refractivity contribution in [2.75, 3.05) is 10.2 Å². The van der Waals surface area contributed by atoms with E-state index in [0.29, 0.717) is 22.6 Å². The van der Waals surface area contributed by atoms with Gasteiger partial charge in [0.05, 0.1) is 11.4 Å². The molecule has 0 saturated heterocycles. The molecule has 0 aliphatic rings. The highest BCUT2D eigenvalue weighted by Gasteiger charge is 2.18. The number of hydrogen-bond acceptors (Lipinski definition) is 5. The van der Waals surface area contributed by atoms with E-state index in [9.17, 15) is 0 Å². The predicted molar refractivity (Wildman–Crippen MR) is 133 cm³/mol. The van der Waals surface area contributed by atoms with Gasteiger partial charge >= 0.3 is 0 Å². The van der Waals surface area contributed by atoms with E-state index in [1.54, 1.807) is 29.2 Å². The Bertz CT molecular complexity index is 1410. The van der Waals surface area contributed by atoms with Crippen LogP contribution in [0, 0.1) is 0 Å². The zero-order valence-electron chi connectivity index (χ0n) is 17.4. The maximum absolute atomic E-state index is 6.42. The Morgan fingerprint density at radius 3 is 2.61 bits per heavy atom. The molecule has 2 heterocycles. The van der Waals surface area contributed by atoms with Gasteiger partial charge in [0.1, 0.15) is 6.33 Å². The number of nitrogens with zero attached hydrogens (tertiary/aromatic N) is 5. The molecule has 4 N–H and O–H groups in total. The molecule has 9 heteroatoms. The van der Waals surface area contributed by atoms with Crippen molar-refractivity contribution in [1.82, 2.24) is 19.9 Å². The molecule has 33 heavy (non-hydrogen) atoms. The van der Waals surface area contributed by atoms with E-state index in [1.165, 1.54) is 6.33 Å². The monoisotopic (exact) mass is 454 g/mol. The van der Waals surface area contributed by atoms with E-state index in [2.05, 4.69) is 30.2 Å². The van der Waals surface area contributed by atoms with Crippen molar-refractivity contribution in [3.05, 3.63) is 96.4 Å². The van der Waals surface area contributed by atoms with Crippen molar-refractivity contribution in [3.63, 3.8) is 0 Å². The quantitative estimate of drug-likeness (QED) is 0.238. The standard InChI is InChI=1S/C24H19ClN8/c25-17-7-10-18(11-8-17)30-22(26)33(20-4-2-1-3-5-20)24-29-15-28-23(32-24)31-19-9-6-16-12-13-27-21(16)14-19/h1-15,27H,(H2,26,30)(H,28,29,31,32). The number of hydrogen-bond donors (Lipinski definition) is 3. The number of rotatable bonds is 5. The summed E-state index contributed by atoms with van der Waals surface area (Å²) >= 11 is 5.99. The van der Waals surface area contributed by atoms with E-state index in [4.69, 9.17) is 17.3 Å². The summed E-state index contributed by atoms with van der Waals surface area (Å²) in [6.07, 6.45) is 3.33. The normalized spacial score (nSPS) is 11.5. The molecule has 5 aromatic rings. The number of benzene rings is 3. The Balaban J connectivity index is 1.50. The lowest BCUT2D eigenvalue weighted by molar-refractivity contribution is 1.02. The molecule has 0 radical (unpaired) electrons. The van der Waals surface area contributed by atoms with Gasteiger partial charge in [-0.05, 0) is 60.0 Å². The number of aliphatic imine (C=N–C) groups is 1. The molecule has 0 bridgehead atoms. The van der Waals surface area contributed by atoms with Gasteiger partial charge < -0.3 is 16.0 Å². The number of guanidine groups is 1. The summed E-state index contributed by atoms with van der Waals surface area (Å²) in [5.41, 5.74) is 9.70. The Morgan fingerprint density at radius 2 is 1.79 bits per heavy atom. The lowest BCUT2D eigenvalue weighted by Gasteiger charge is -2.21. The lowest BCUT2D eigenvalue weighted by Crippen LogP contribution is -2.34. The maximum atomic E-state index is 6.42. The highest BCUT2D eigenvalue weighted by Crippen LogP contribution is 2.25. The molecule has 162 valence electrons. The van der Waals surface area contributed by atoms with Crippen LogP contribution in [0.25, 0.3) is 10.9 Å². The first-order valence-corrected chi connectivity index (χ1v) is 10.5. The summed E-state index contributed by atoms with van der Waals surface area (Å²) in [6.45, 7) is 0. The SMILES string of the molecule is NC(=Nc1ccc(Cl)cc1)N(c1ccccc1)c1ncnc(Nc2ccc3cc[nH]c3c2)n1. The first-order chi connectivity index (χ1) is 16.2. The van der Waals surface area contributed by atoms with Crippen molar-refractivity contribution >= 4 is 57.4 Å². The third-order valence-electron chi connectivity index (χ3n) is 4.88. The van der Waals surface area contributed by atoms with Gasteiger partial charge in [-0.1, -0.05) is 35.9 Å². The van der Waals surface area contributed by atoms with Crippen LogP contribution in [0.2, 0.25) is 5.02 Å². The van der Waals surface area contributed by atoms with Crippen LogP contribution in [0.4, 0.5) is 29.0 Å². The molecule has 3 aromatic carbocycles. The molecular weight excluding hydrogens is 436 g/mol. The van der Waals surface area contributed by atoms with Gasteiger partial charge in [0.2, 0.25) is 17.9 Å². The minimum atomic E-state index is 0.202. The van der Waals surface area contributed by atoms with Crippen molar-refractivity contribution in [2.45, 2.75) is 0 Å². The average Bonchev–Trinajstić information content (AvgIpc) is 3.30. The number of aromatic nitrogens is 4. The molecular formula is C24H19ClN8. The van der Waals surface area contributed by atoms with Gasteiger partial charge in [0.15, 0.2) is 0 Å².